The molecule has 3 heteroatoms. The highest BCUT2D eigenvalue weighted by atomic mass is 35.5. The molecule has 2 heterocycles. The van der Waals surface area contributed by atoms with Crippen LogP contribution in [-0.4, -0.2) is 4.40 Å². The maximum Gasteiger partial charge on any atom is 0.0924 e. The summed E-state index contributed by atoms with van der Waals surface area (Å²) < 4.78 is 2.32. The normalized spacial score (nSPS) is 11.1. The molecule has 0 aliphatic carbocycles. The van der Waals surface area contributed by atoms with Gasteiger partial charge in [-0.3, -0.25) is 0 Å². The van der Waals surface area contributed by atoms with Gasteiger partial charge in [-0.25, -0.2) is 0 Å². The molecule has 2 aromatic carbocycles. The largest absolute Gasteiger partial charge is 0.308 e. The third-order valence-electron chi connectivity index (χ3n) is 4.05. The zero-order valence-electron chi connectivity index (χ0n) is 13.2. The zero-order chi connectivity index (χ0) is 16.5. The smallest absolute Gasteiger partial charge is 0.0924 e. The van der Waals surface area contributed by atoms with Gasteiger partial charge in [0.25, 0.3) is 0 Å². The Morgan fingerprint density at radius 1 is 0.833 bits per heavy atom. The van der Waals surface area contributed by atoms with Crippen LogP contribution in [0.25, 0.3) is 16.6 Å². The Hall–Kier alpha value is -2.16. The number of nitrogens with zero attached hydrogens (tertiary/aromatic N) is 1. The molecular weight excluding hydrogens is 334 g/mol. The predicted octanol–water partition coefficient (Wildman–Crippen LogP) is 6.72. The lowest BCUT2D eigenvalue weighted by atomic mass is 10.1. The summed E-state index contributed by atoms with van der Waals surface area (Å²) in [7, 11) is 0. The number of aryl methyl sites for hydroxylation is 1. The molecule has 1 nitrogen and oxygen atoms in total. The summed E-state index contributed by atoms with van der Waals surface area (Å²) in [5.74, 6) is 0. The third-order valence-corrected chi connectivity index (χ3v) is 5.41. The average molecular weight is 350 g/mol. The molecule has 0 atom stereocenters. The van der Waals surface area contributed by atoms with Crippen molar-refractivity contribution >= 4 is 28.9 Å². The van der Waals surface area contributed by atoms with E-state index in [9.17, 15) is 0 Å². The molecular formula is C21H16ClNS. The van der Waals surface area contributed by atoms with Gasteiger partial charge in [0, 0.05) is 26.7 Å². The van der Waals surface area contributed by atoms with Gasteiger partial charge in [-0.05, 0) is 55.0 Å². The Bertz CT molecular complexity index is 988. The van der Waals surface area contributed by atoms with Gasteiger partial charge in [0.1, 0.15) is 0 Å². The maximum atomic E-state index is 6.03. The van der Waals surface area contributed by atoms with Crippen molar-refractivity contribution in [3.63, 3.8) is 0 Å². The lowest BCUT2D eigenvalue weighted by Crippen LogP contribution is -1.92. The summed E-state index contributed by atoms with van der Waals surface area (Å²) in [6.45, 7) is 2.15. The molecule has 0 amide bonds. The summed E-state index contributed by atoms with van der Waals surface area (Å²) >= 11 is 7.80. The minimum absolute atomic E-state index is 0.763. The first kappa shape index (κ1) is 15.4. The fourth-order valence-corrected chi connectivity index (χ4v) is 4.15. The molecule has 0 unspecified atom stereocenters. The van der Waals surface area contributed by atoms with E-state index in [2.05, 4.69) is 78.1 Å². The van der Waals surface area contributed by atoms with Crippen LogP contribution in [0.3, 0.4) is 0 Å². The van der Waals surface area contributed by atoms with Crippen LogP contribution in [0.2, 0.25) is 5.02 Å². The molecule has 0 saturated carbocycles. The van der Waals surface area contributed by atoms with Crippen LogP contribution in [0.1, 0.15) is 5.69 Å². The van der Waals surface area contributed by atoms with Gasteiger partial charge >= 0.3 is 0 Å². The van der Waals surface area contributed by atoms with Crippen LogP contribution in [0.5, 0.6) is 0 Å². The van der Waals surface area contributed by atoms with Crippen molar-refractivity contribution in [3.05, 3.63) is 89.6 Å². The van der Waals surface area contributed by atoms with Crippen LogP contribution in [0.4, 0.5) is 0 Å². The zero-order valence-corrected chi connectivity index (χ0v) is 14.8. The molecule has 0 aliphatic heterocycles. The molecule has 118 valence electrons. The number of hydrogen-bond donors (Lipinski definition) is 0. The summed E-state index contributed by atoms with van der Waals surface area (Å²) in [5, 5.41) is 2.00. The van der Waals surface area contributed by atoms with Crippen molar-refractivity contribution in [1.82, 2.24) is 4.40 Å². The molecule has 4 aromatic rings. The number of aromatic nitrogens is 1. The third kappa shape index (κ3) is 2.83. The first-order valence-electron chi connectivity index (χ1n) is 7.82. The monoisotopic (exact) mass is 349 g/mol. The van der Waals surface area contributed by atoms with Crippen molar-refractivity contribution in [2.24, 2.45) is 0 Å². The first-order chi connectivity index (χ1) is 11.7. The second-order valence-corrected chi connectivity index (χ2v) is 7.21. The SMILES string of the molecule is Cc1cccc2cc(-c3ccccc3)c(Sc3ccc(Cl)cc3)n12. The van der Waals surface area contributed by atoms with Gasteiger partial charge in [-0.2, -0.15) is 0 Å². The van der Waals surface area contributed by atoms with Gasteiger partial charge < -0.3 is 4.40 Å². The predicted molar refractivity (Wildman–Crippen MR) is 103 cm³/mol. The molecule has 0 saturated heterocycles. The van der Waals surface area contributed by atoms with E-state index in [4.69, 9.17) is 11.6 Å². The van der Waals surface area contributed by atoms with Crippen molar-refractivity contribution in [1.29, 1.82) is 0 Å². The van der Waals surface area contributed by atoms with Crippen LogP contribution >= 0.6 is 23.4 Å². The number of benzene rings is 2. The van der Waals surface area contributed by atoms with E-state index in [0.717, 1.165) is 5.02 Å². The van der Waals surface area contributed by atoms with Crippen LogP contribution in [-0.2, 0) is 0 Å². The summed E-state index contributed by atoms with van der Waals surface area (Å²) in [5.41, 5.74) is 4.93. The van der Waals surface area contributed by atoms with Crippen molar-refractivity contribution in [3.8, 4) is 11.1 Å². The topological polar surface area (TPSA) is 4.41 Å². The number of fused-ring (bicyclic) bond motifs is 1. The number of rotatable bonds is 3. The van der Waals surface area contributed by atoms with E-state index in [0.29, 0.717) is 0 Å². The minimum atomic E-state index is 0.763. The Labute approximate surface area is 150 Å². The molecule has 0 N–H and O–H groups in total. The highest BCUT2D eigenvalue weighted by Crippen LogP contribution is 2.39. The van der Waals surface area contributed by atoms with Crippen molar-refractivity contribution < 1.29 is 0 Å². The highest BCUT2D eigenvalue weighted by Gasteiger charge is 2.14. The number of halogens is 1. The fourth-order valence-electron chi connectivity index (χ4n) is 2.90. The van der Waals surface area contributed by atoms with Crippen LogP contribution in [0, 0.1) is 6.92 Å². The van der Waals surface area contributed by atoms with Crippen molar-refractivity contribution in [2.45, 2.75) is 16.8 Å². The van der Waals surface area contributed by atoms with Gasteiger partial charge in [-0.15, -0.1) is 0 Å². The minimum Gasteiger partial charge on any atom is -0.308 e. The number of hydrogen-bond acceptors (Lipinski definition) is 1. The molecule has 0 fully saturated rings. The molecule has 4 rings (SSSR count). The van der Waals surface area contributed by atoms with Gasteiger partial charge in [-0.1, -0.05) is 59.8 Å². The Balaban J connectivity index is 1.92. The van der Waals surface area contributed by atoms with Crippen LogP contribution < -0.4 is 0 Å². The number of pyridine rings is 1. The Morgan fingerprint density at radius 2 is 1.58 bits per heavy atom. The van der Waals surface area contributed by atoms with E-state index in [-0.39, 0.29) is 0 Å². The molecule has 0 aliphatic rings. The lowest BCUT2D eigenvalue weighted by Gasteiger charge is -2.09. The maximum absolute atomic E-state index is 6.03. The van der Waals surface area contributed by atoms with Gasteiger partial charge in [0.2, 0.25) is 0 Å². The second kappa shape index (κ2) is 6.39. The Kier molecular flexibility index (Phi) is 4.09. The van der Waals surface area contributed by atoms with E-state index in [1.165, 1.54) is 32.3 Å². The molecule has 2 aromatic heterocycles. The second-order valence-electron chi connectivity index (χ2n) is 5.71. The average Bonchev–Trinajstić information content (AvgIpc) is 2.98. The molecule has 0 radical (unpaired) electrons. The summed E-state index contributed by atoms with van der Waals surface area (Å²) in [4.78, 5) is 1.18. The quantitative estimate of drug-likeness (QED) is 0.397. The lowest BCUT2D eigenvalue weighted by molar-refractivity contribution is 0.990. The summed E-state index contributed by atoms with van der Waals surface area (Å²) in [6.07, 6.45) is 0. The van der Waals surface area contributed by atoms with Gasteiger partial charge in [0.05, 0.1) is 5.03 Å². The fraction of sp³-hybridized carbons (Fsp3) is 0.0476. The van der Waals surface area contributed by atoms with E-state index in [1.807, 2.05) is 12.1 Å². The van der Waals surface area contributed by atoms with E-state index in [1.54, 1.807) is 11.8 Å². The summed E-state index contributed by atoms with van der Waals surface area (Å²) in [6, 6.07) is 27.2. The van der Waals surface area contributed by atoms with E-state index < -0.39 is 0 Å². The van der Waals surface area contributed by atoms with E-state index >= 15 is 0 Å². The molecule has 0 bridgehead atoms. The first-order valence-corrected chi connectivity index (χ1v) is 9.02. The molecule has 0 spiro atoms. The highest BCUT2D eigenvalue weighted by molar-refractivity contribution is 7.99. The van der Waals surface area contributed by atoms with Gasteiger partial charge in [0.15, 0.2) is 0 Å². The Morgan fingerprint density at radius 3 is 2.33 bits per heavy atom. The van der Waals surface area contributed by atoms with Crippen molar-refractivity contribution in [2.75, 3.05) is 0 Å². The standard InChI is InChI=1S/C21H16ClNS/c1-15-6-5-9-18-14-20(16-7-3-2-4-8-16)21(23(15)18)24-19-12-10-17(22)11-13-19/h2-14H,1H3. The van der Waals surface area contributed by atoms with Crippen LogP contribution in [0.15, 0.2) is 88.8 Å². The molecule has 24 heavy (non-hydrogen) atoms.